The monoisotopic (exact) mass is 328 g/mol. The van der Waals surface area contributed by atoms with Crippen molar-refractivity contribution < 1.29 is 13.6 Å². The summed E-state index contributed by atoms with van der Waals surface area (Å²) < 4.78 is 24.6. The normalized spacial score (nSPS) is 19.4. The quantitative estimate of drug-likeness (QED) is 0.794. The van der Waals surface area contributed by atoms with Crippen molar-refractivity contribution in [3.8, 4) is 0 Å². The van der Waals surface area contributed by atoms with E-state index in [2.05, 4.69) is 17.1 Å². The van der Waals surface area contributed by atoms with E-state index < -0.39 is 5.76 Å². The molecule has 1 amide bonds. The van der Waals surface area contributed by atoms with Crippen LogP contribution in [0.15, 0.2) is 29.2 Å². The first-order valence-electron chi connectivity index (χ1n) is 7.70. The van der Waals surface area contributed by atoms with Crippen LogP contribution in [0, 0.1) is 0 Å². The number of likely N-dealkylation sites (tertiary alicyclic amines) is 1. The number of carbonyl (C=O) groups is 1. The Balaban J connectivity index is 1.95. The van der Waals surface area contributed by atoms with Crippen molar-refractivity contribution in [3.05, 3.63) is 24.3 Å². The van der Waals surface area contributed by atoms with E-state index in [1.165, 1.54) is 0 Å². The van der Waals surface area contributed by atoms with Gasteiger partial charge in [0.1, 0.15) is 0 Å². The number of alkyl halides is 2. The molecule has 1 atom stereocenters. The molecule has 1 heterocycles. The standard InChI is InChI=1S/C16H22F2N2OS/c1-2-10-20-11-4-3-5-14(20)15(21)19-12-6-8-13(9-7-12)22-16(17)18/h6-9,14,16H,2-5,10-11H2,1H3,(H,19,21). The highest BCUT2D eigenvalue weighted by atomic mass is 32.2. The molecule has 6 heteroatoms. The van der Waals surface area contributed by atoms with Gasteiger partial charge in [-0.2, -0.15) is 8.78 Å². The second kappa shape index (κ2) is 8.48. The van der Waals surface area contributed by atoms with Crippen molar-refractivity contribution in [1.82, 2.24) is 4.90 Å². The van der Waals surface area contributed by atoms with Crippen molar-refractivity contribution in [2.24, 2.45) is 0 Å². The lowest BCUT2D eigenvalue weighted by molar-refractivity contribution is -0.122. The number of thioether (sulfide) groups is 1. The maximum Gasteiger partial charge on any atom is 0.288 e. The van der Waals surface area contributed by atoms with E-state index in [4.69, 9.17) is 0 Å². The molecule has 1 aliphatic heterocycles. The van der Waals surface area contributed by atoms with Gasteiger partial charge in [-0.1, -0.05) is 25.1 Å². The van der Waals surface area contributed by atoms with E-state index in [9.17, 15) is 13.6 Å². The summed E-state index contributed by atoms with van der Waals surface area (Å²) in [4.78, 5) is 15.2. The molecule has 0 spiro atoms. The Morgan fingerprint density at radius 1 is 1.36 bits per heavy atom. The SMILES string of the molecule is CCCN1CCCCC1C(=O)Nc1ccc(SC(F)F)cc1. The summed E-state index contributed by atoms with van der Waals surface area (Å²) >= 11 is 0.507. The Labute approximate surface area is 134 Å². The molecule has 2 rings (SSSR count). The lowest BCUT2D eigenvalue weighted by Crippen LogP contribution is -2.47. The highest BCUT2D eigenvalue weighted by Gasteiger charge is 2.27. The molecule has 1 fully saturated rings. The van der Waals surface area contributed by atoms with Crippen LogP contribution in [0.4, 0.5) is 14.5 Å². The van der Waals surface area contributed by atoms with Crippen LogP contribution in [0.2, 0.25) is 0 Å². The topological polar surface area (TPSA) is 32.3 Å². The van der Waals surface area contributed by atoms with Crippen LogP contribution in [-0.2, 0) is 4.79 Å². The Kier molecular flexibility index (Phi) is 6.64. The molecule has 1 aromatic rings. The molecule has 1 unspecified atom stereocenters. The summed E-state index contributed by atoms with van der Waals surface area (Å²) in [5.74, 6) is -2.42. The second-order valence-corrected chi connectivity index (χ2v) is 6.50. The fourth-order valence-corrected chi connectivity index (χ4v) is 3.29. The highest BCUT2D eigenvalue weighted by molar-refractivity contribution is 7.99. The molecular formula is C16H22F2N2OS. The van der Waals surface area contributed by atoms with E-state index in [-0.39, 0.29) is 11.9 Å². The van der Waals surface area contributed by atoms with Gasteiger partial charge in [-0.05, 0) is 56.6 Å². The third-order valence-corrected chi connectivity index (χ3v) is 4.50. The fraction of sp³-hybridized carbons (Fsp3) is 0.562. The summed E-state index contributed by atoms with van der Waals surface area (Å²) in [6.45, 7) is 4.01. The summed E-state index contributed by atoms with van der Waals surface area (Å²) in [5, 5.41) is 2.90. The van der Waals surface area contributed by atoms with Crippen molar-refractivity contribution >= 4 is 23.4 Å². The molecule has 1 N–H and O–H groups in total. The summed E-state index contributed by atoms with van der Waals surface area (Å²) in [5.41, 5.74) is 0.658. The van der Waals surface area contributed by atoms with Gasteiger partial charge in [0, 0.05) is 10.6 Å². The zero-order chi connectivity index (χ0) is 15.9. The lowest BCUT2D eigenvalue weighted by Gasteiger charge is -2.34. The summed E-state index contributed by atoms with van der Waals surface area (Å²) in [6, 6.07) is 6.49. The molecule has 1 saturated heterocycles. The minimum absolute atomic E-state index is 0.00223. The van der Waals surface area contributed by atoms with Crippen LogP contribution in [0.5, 0.6) is 0 Å². The van der Waals surface area contributed by atoms with E-state index in [1.54, 1.807) is 24.3 Å². The summed E-state index contributed by atoms with van der Waals surface area (Å²) in [6.07, 6.45) is 4.13. The zero-order valence-electron chi connectivity index (χ0n) is 12.7. The molecule has 1 aromatic carbocycles. The van der Waals surface area contributed by atoms with Crippen molar-refractivity contribution in [3.63, 3.8) is 0 Å². The van der Waals surface area contributed by atoms with Gasteiger partial charge in [0.15, 0.2) is 0 Å². The van der Waals surface area contributed by atoms with Gasteiger partial charge in [-0.15, -0.1) is 0 Å². The predicted molar refractivity (Wildman–Crippen MR) is 86.4 cm³/mol. The Bertz CT molecular complexity index is 480. The molecule has 3 nitrogen and oxygen atoms in total. The highest BCUT2D eigenvalue weighted by Crippen LogP contribution is 2.26. The molecule has 0 bridgehead atoms. The van der Waals surface area contributed by atoms with Crippen molar-refractivity contribution in [2.45, 2.75) is 49.3 Å². The number of piperidine rings is 1. The van der Waals surface area contributed by atoms with Gasteiger partial charge in [-0.3, -0.25) is 9.69 Å². The number of nitrogens with one attached hydrogen (secondary N) is 1. The van der Waals surface area contributed by atoms with Crippen molar-refractivity contribution in [2.75, 3.05) is 18.4 Å². The first-order valence-corrected chi connectivity index (χ1v) is 8.58. The largest absolute Gasteiger partial charge is 0.325 e. The molecule has 0 aliphatic carbocycles. The van der Waals surface area contributed by atoms with Gasteiger partial charge in [0.05, 0.1) is 6.04 Å². The lowest BCUT2D eigenvalue weighted by atomic mass is 10.0. The number of halogens is 2. The molecular weight excluding hydrogens is 306 g/mol. The molecule has 1 aliphatic rings. The van der Waals surface area contributed by atoms with Gasteiger partial charge in [0.25, 0.3) is 5.76 Å². The minimum Gasteiger partial charge on any atom is -0.325 e. The van der Waals surface area contributed by atoms with Crippen LogP contribution >= 0.6 is 11.8 Å². The number of anilines is 1. The third-order valence-electron chi connectivity index (χ3n) is 3.77. The van der Waals surface area contributed by atoms with E-state index in [1.807, 2.05) is 0 Å². The third kappa shape index (κ3) is 4.95. The Morgan fingerprint density at radius 2 is 2.09 bits per heavy atom. The molecule has 22 heavy (non-hydrogen) atoms. The maximum atomic E-state index is 12.4. The van der Waals surface area contributed by atoms with Crippen LogP contribution in [0.1, 0.15) is 32.6 Å². The van der Waals surface area contributed by atoms with Gasteiger partial charge in [0.2, 0.25) is 5.91 Å². The average molecular weight is 328 g/mol. The summed E-state index contributed by atoms with van der Waals surface area (Å²) in [7, 11) is 0. The maximum absolute atomic E-state index is 12.4. The number of benzene rings is 1. The molecule has 0 radical (unpaired) electrons. The van der Waals surface area contributed by atoms with Crippen molar-refractivity contribution in [1.29, 1.82) is 0 Å². The van der Waals surface area contributed by atoms with Crippen LogP contribution in [-0.4, -0.2) is 35.7 Å². The number of amides is 1. The second-order valence-electron chi connectivity index (χ2n) is 5.44. The van der Waals surface area contributed by atoms with Crippen LogP contribution < -0.4 is 5.32 Å². The predicted octanol–water partition coefficient (Wildman–Crippen LogP) is 4.20. The van der Waals surface area contributed by atoms with Gasteiger partial charge < -0.3 is 5.32 Å². The number of carbonyl (C=O) groups excluding carboxylic acids is 1. The Morgan fingerprint density at radius 3 is 2.73 bits per heavy atom. The van der Waals surface area contributed by atoms with Crippen LogP contribution in [0.25, 0.3) is 0 Å². The number of hydrogen-bond donors (Lipinski definition) is 1. The van der Waals surface area contributed by atoms with Crippen LogP contribution in [0.3, 0.4) is 0 Å². The molecule has 0 aromatic heterocycles. The number of rotatable bonds is 6. The first kappa shape index (κ1) is 17.2. The number of hydrogen-bond acceptors (Lipinski definition) is 3. The molecule has 0 saturated carbocycles. The first-order chi connectivity index (χ1) is 10.6. The van der Waals surface area contributed by atoms with Gasteiger partial charge >= 0.3 is 0 Å². The van der Waals surface area contributed by atoms with Gasteiger partial charge in [-0.25, -0.2) is 0 Å². The van der Waals surface area contributed by atoms with E-state index >= 15 is 0 Å². The number of nitrogens with zero attached hydrogens (tertiary/aromatic N) is 1. The Hall–Kier alpha value is -1.14. The van der Waals surface area contributed by atoms with E-state index in [0.717, 1.165) is 38.8 Å². The molecule has 122 valence electrons. The van der Waals surface area contributed by atoms with E-state index in [0.29, 0.717) is 22.3 Å². The minimum atomic E-state index is -2.43. The average Bonchev–Trinajstić information content (AvgIpc) is 2.49. The zero-order valence-corrected chi connectivity index (χ0v) is 13.5. The smallest absolute Gasteiger partial charge is 0.288 e. The fourth-order valence-electron chi connectivity index (χ4n) is 2.79.